The fourth-order valence-corrected chi connectivity index (χ4v) is 3.18. The smallest absolute Gasteiger partial charge is 0.421 e. The Kier molecular flexibility index (Phi) is 8.14. The van der Waals surface area contributed by atoms with Crippen LogP contribution in [0.2, 0.25) is 0 Å². The number of rotatable bonds is 10. The van der Waals surface area contributed by atoms with E-state index in [1.165, 1.54) is 0 Å². The number of benzene rings is 2. The van der Waals surface area contributed by atoms with Crippen molar-refractivity contribution >= 4 is 23.1 Å². The summed E-state index contributed by atoms with van der Waals surface area (Å²) >= 11 is 0. The lowest BCUT2D eigenvalue weighted by Crippen LogP contribution is -2.13. The molecule has 0 saturated heterocycles. The molecule has 0 bridgehead atoms. The van der Waals surface area contributed by atoms with Crippen LogP contribution in [0.1, 0.15) is 57.1 Å². The van der Waals surface area contributed by atoms with Gasteiger partial charge < -0.3 is 15.4 Å². The van der Waals surface area contributed by atoms with Gasteiger partial charge in [0.25, 0.3) is 0 Å². The van der Waals surface area contributed by atoms with Gasteiger partial charge in [0.05, 0.1) is 12.3 Å². The second-order valence-corrected chi connectivity index (χ2v) is 8.03. The predicted molar refractivity (Wildman–Crippen MR) is 126 cm³/mol. The standard InChI is InChI=1S/C25H29F3N4O/c1-4-5-8-15-33-22-10-7-6-9-21(22)31-23-20(25(26,27)28)16-29-24(32-23)30-19-13-11-18(12-14-19)17(2)3/h6-7,9-14,16-17H,4-5,8,15H2,1-3H3,(H2,29,30,31,32). The number of hydrogen-bond acceptors (Lipinski definition) is 5. The molecular weight excluding hydrogens is 429 g/mol. The quantitative estimate of drug-likeness (QED) is 0.305. The van der Waals surface area contributed by atoms with E-state index in [9.17, 15) is 13.2 Å². The van der Waals surface area contributed by atoms with Crippen LogP contribution < -0.4 is 15.4 Å². The lowest BCUT2D eigenvalue weighted by Gasteiger charge is -2.17. The number of hydrogen-bond donors (Lipinski definition) is 2. The zero-order valence-electron chi connectivity index (χ0n) is 19.0. The summed E-state index contributed by atoms with van der Waals surface area (Å²) in [4.78, 5) is 8.01. The summed E-state index contributed by atoms with van der Waals surface area (Å²) in [5.74, 6) is 0.563. The molecule has 0 spiro atoms. The van der Waals surface area contributed by atoms with Crippen molar-refractivity contribution in [2.45, 2.75) is 52.1 Å². The van der Waals surface area contributed by atoms with Crippen LogP contribution in [-0.2, 0) is 6.18 Å². The third-order valence-corrected chi connectivity index (χ3v) is 5.07. The minimum absolute atomic E-state index is 0.0594. The minimum atomic E-state index is -4.61. The summed E-state index contributed by atoms with van der Waals surface area (Å²) in [6.07, 6.45) is -0.889. The van der Waals surface area contributed by atoms with Gasteiger partial charge >= 0.3 is 6.18 Å². The van der Waals surface area contributed by atoms with E-state index >= 15 is 0 Å². The van der Waals surface area contributed by atoms with Crippen molar-refractivity contribution < 1.29 is 17.9 Å². The highest BCUT2D eigenvalue weighted by Crippen LogP contribution is 2.37. The largest absolute Gasteiger partial charge is 0.491 e. The van der Waals surface area contributed by atoms with Crippen LogP contribution in [0.5, 0.6) is 5.75 Å². The topological polar surface area (TPSA) is 59.1 Å². The molecule has 0 amide bonds. The third-order valence-electron chi connectivity index (χ3n) is 5.07. The maximum Gasteiger partial charge on any atom is 0.421 e. The van der Waals surface area contributed by atoms with Crippen LogP contribution >= 0.6 is 0 Å². The van der Waals surface area contributed by atoms with Gasteiger partial charge in [0.15, 0.2) is 0 Å². The molecule has 176 valence electrons. The second kappa shape index (κ2) is 11.0. The van der Waals surface area contributed by atoms with E-state index in [2.05, 4.69) is 41.4 Å². The number of alkyl halides is 3. The van der Waals surface area contributed by atoms with Gasteiger partial charge in [-0.15, -0.1) is 0 Å². The second-order valence-electron chi connectivity index (χ2n) is 8.03. The monoisotopic (exact) mass is 458 g/mol. The van der Waals surface area contributed by atoms with Crippen LogP contribution in [0.4, 0.5) is 36.3 Å². The molecule has 8 heteroatoms. The fraction of sp³-hybridized carbons (Fsp3) is 0.360. The highest BCUT2D eigenvalue weighted by molar-refractivity contribution is 5.67. The van der Waals surface area contributed by atoms with Crippen LogP contribution in [-0.4, -0.2) is 16.6 Å². The van der Waals surface area contributed by atoms with Gasteiger partial charge in [-0.25, -0.2) is 4.98 Å². The van der Waals surface area contributed by atoms with Crippen molar-refractivity contribution in [3.63, 3.8) is 0 Å². The molecule has 0 aliphatic heterocycles. The lowest BCUT2D eigenvalue weighted by molar-refractivity contribution is -0.137. The Morgan fingerprint density at radius 3 is 2.36 bits per heavy atom. The molecule has 1 aromatic heterocycles. The molecule has 3 aromatic rings. The number of anilines is 4. The number of nitrogens with one attached hydrogen (secondary N) is 2. The molecule has 33 heavy (non-hydrogen) atoms. The molecule has 0 aliphatic rings. The van der Waals surface area contributed by atoms with E-state index < -0.39 is 11.7 Å². The first-order valence-corrected chi connectivity index (χ1v) is 11.1. The van der Waals surface area contributed by atoms with E-state index in [-0.39, 0.29) is 11.8 Å². The molecule has 0 radical (unpaired) electrons. The van der Waals surface area contributed by atoms with Crippen molar-refractivity contribution in [3.05, 3.63) is 65.9 Å². The summed E-state index contributed by atoms with van der Waals surface area (Å²) in [5.41, 5.74) is 1.30. The first kappa shape index (κ1) is 24.4. The Hall–Kier alpha value is -3.29. The molecule has 2 aromatic carbocycles. The molecule has 0 unspecified atom stereocenters. The molecule has 0 saturated carbocycles. The molecule has 0 aliphatic carbocycles. The van der Waals surface area contributed by atoms with E-state index in [4.69, 9.17) is 4.74 Å². The van der Waals surface area contributed by atoms with Gasteiger partial charge in [0.2, 0.25) is 5.95 Å². The Balaban J connectivity index is 1.86. The summed E-state index contributed by atoms with van der Waals surface area (Å²) in [6.45, 7) is 6.75. The Morgan fingerprint density at radius 1 is 0.970 bits per heavy atom. The average Bonchev–Trinajstić information content (AvgIpc) is 2.77. The van der Waals surface area contributed by atoms with Crippen molar-refractivity contribution in [2.75, 3.05) is 17.2 Å². The maximum absolute atomic E-state index is 13.6. The first-order chi connectivity index (χ1) is 15.8. The zero-order chi connectivity index (χ0) is 23.8. The number of halogens is 3. The highest BCUT2D eigenvalue weighted by atomic mass is 19.4. The van der Waals surface area contributed by atoms with Gasteiger partial charge in [-0.3, -0.25) is 0 Å². The van der Waals surface area contributed by atoms with Gasteiger partial charge in [-0.2, -0.15) is 18.2 Å². The van der Waals surface area contributed by atoms with Crippen LogP contribution in [0.3, 0.4) is 0 Å². The van der Waals surface area contributed by atoms with Crippen LogP contribution in [0, 0.1) is 0 Å². The minimum Gasteiger partial charge on any atom is -0.491 e. The number of unbranched alkanes of at least 4 members (excludes halogenated alkanes) is 2. The molecule has 0 atom stereocenters. The van der Waals surface area contributed by atoms with Crippen molar-refractivity contribution in [2.24, 2.45) is 0 Å². The van der Waals surface area contributed by atoms with Crippen molar-refractivity contribution in [1.29, 1.82) is 0 Å². The zero-order valence-corrected chi connectivity index (χ0v) is 19.0. The molecular formula is C25H29F3N4O. The highest BCUT2D eigenvalue weighted by Gasteiger charge is 2.35. The van der Waals surface area contributed by atoms with E-state index in [0.717, 1.165) is 31.0 Å². The molecule has 0 fully saturated rings. The van der Waals surface area contributed by atoms with Gasteiger partial charge in [0.1, 0.15) is 17.1 Å². The normalized spacial score (nSPS) is 11.5. The van der Waals surface area contributed by atoms with Gasteiger partial charge in [-0.05, 0) is 42.2 Å². The van der Waals surface area contributed by atoms with E-state index in [0.29, 0.717) is 29.6 Å². The SMILES string of the molecule is CCCCCOc1ccccc1Nc1nc(Nc2ccc(C(C)C)cc2)ncc1C(F)(F)F. The number of nitrogens with zero attached hydrogens (tertiary/aromatic N) is 2. The Morgan fingerprint density at radius 2 is 1.70 bits per heavy atom. The molecule has 5 nitrogen and oxygen atoms in total. The Bertz CT molecular complexity index is 1040. The third kappa shape index (κ3) is 6.84. The predicted octanol–water partition coefficient (Wildman–Crippen LogP) is 7.68. The fourth-order valence-electron chi connectivity index (χ4n) is 3.18. The van der Waals surface area contributed by atoms with Gasteiger partial charge in [0, 0.05) is 11.9 Å². The summed E-state index contributed by atoms with van der Waals surface area (Å²) < 4.78 is 46.7. The van der Waals surface area contributed by atoms with E-state index in [1.807, 2.05) is 24.3 Å². The van der Waals surface area contributed by atoms with Crippen molar-refractivity contribution in [1.82, 2.24) is 9.97 Å². The number of ether oxygens (including phenoxy) is 1. The lowest BCUT2D eigenvalue weighted by atomic mass is 10.0. The Labute approximate surface area is 192 Å². The summed E-state index contributed by atoms with van der Waals surface area (Å²) in [5, 5.41) is 5.78. The maximum atomic E-state index is 13.6. The molecule has 2 N–H and O–H groups in total. The van der Waals surface area contributed by atoms with Crippen LogP contribution in [0.15, 0.2) is 54.7 Å². The first-order valence-electron chi connectivity index (χ1n) is 11.1. The van der Waals surface area contributed by atoms with E-state index in [1.54, 1.807) is 24.3 Å². The summed E-state index contributed by atoms with van der Waals surface area (Å²) in [7, 11) is 0. The van der Waals surface area contributed by atoms with Gasteiger partial charge in [-0.1, -0.05) is 57.9 Å². The average molecular weight is 459 g/mol. The molecule has 1 heterocycles. The number of aromatic nitrogens is 2. The number of para-hydroxylation sites is 2. The van der Waals surface area contributed by atoms with Crippen molar-refractivity contribution in [3.8, 4) is 5.75 Å². The van der Waals surface area contributed by atoms with Crippen LogP contribution in [0.25, 0.3) is 0 Å². The summed E-state index contributed by atoms with van der Waals surface area (Å²) in [6, 6.07) is 14.5. The molecule has 3 rings (SSSR count).